The molecule has 6 unspecified atom stereocenters. The summed E-state index contributed by atoms with van der Waals surface area (Å²) in [4.78, 5) is 0. The van der Waals surface area contributed by atoms with Crippen molar-refractivity contribution in [1.82, 2.24) is 0 Å². The second-order valence-electron chi connectivity index (χ2n) is 27.5. The fourth-order valence-corrected chi connectivity index (χ4v) is 14.0. The minimum Gasteiger partial charge on any atom is -0.0590 e. The van der Waals surface area contributed by atoms with E-state index in [-0.39, 0.29) is 5.41 Å². The van der Waals surface area contributed by atoms with Gasteiger partial charge in [-0.25, -0.2) is 0 Å². The highest BCUT2D eigenvalue weighted by molar-refractivity contribution is 5.69. The van der Waals surface area contributed by atoms with Gasteiger partial charge in [0.15, 0.2) is 0 Å². The van der Waals surface area contributed by atoms with E-state index in [0.29, 0.717) is 0 Å². The average Bonchev–Trinajstić information content (AvgIpc) is 1.70. The average molecular weight is 1160 g/mol. The summed E-state index contributed by atoms with van der Waals surface area (Å²) in [5.41, 5.74) is 33.0. The minimum absolute atomic E-state index is 0.0708. The monoisotopic (exact) mass is 1160 g/mol. The molecule has 3 aliphatic rings. The summed E-state index contributed by atoms with van der Waals surface area (Å²) in [6, 6.07) is 80.4. The van der Waals surface area contributed by atoms with E-state index in [2.05, 4.69) is 329 Å². The molecule has 6 atom stereocenters. The first kappa shape index (κ1) is 64.7. The molecule has 0 heteroatoms. The molecule has 0 saturated heterocycles. The predicted molar refractivity (Wildman–Crippen MR) is 382 cm³/mol. The van der Waals surface area contributed by atoms with Gasteiger partial charge in [-0.3, -0.25) is 0 Å². The van der Waals surface area contributed by atoms with Gasteiger partial charge in [0.05, 0.1) is 0 Å². The van der Waals surface area contributed by atoms with Gasteiger partial charge in [-0.2, -0.15) is 0 Å². The highest BCUT2D eigenvalue weighted by Crippen LogP contribution is 2.66. The Morgan fingerprint density at radius 1 is 0.284 bits per heavy atom. The van der Waals surface area contributed by atoms with Crippen LogP contribution in [0.15, 0.2) is 218 Å². The van der Waals surface area contributed by atoms with Gasteiger partial charge in [-0.15, -0.1) is 0 Å². The van der Waals surface area contributed by atoms with E-state index < -0.39 is 0 Å². The van der Waals surface area contributed by atoms with Crippen LogP contribution in [0.4, 0.5) is 0 Å². The predicted octanol–water partition coefficient (Wildman–Crippen LogP) is 23.9. The molecule has 0 aliphatic heterocycles. The van der Waals surface area contributed by atoms with E-state index in [9.17, 15) is 0 Å². The van der Waals surface area contributed by atoms with Crippen LogP contribution in [-0.2, 0) is 11.8 Å². The summed E-state index contributed by atoms with van der Waals surface area (Å²) in [5.74, 6) is 5.63. The standard InChI is InChI=1S/C24H28.C18H22.C17H20.C15H16.C14H14/c1-15-3-7-17(8-4-15)19-11-22-20-13-21(24(14-20)23(22)12-19)18-9-5-16(2)6-10-18;1-11-7-17(8-12(2)15(11)5)18-9-13(3)16(6)14(4)10-18;1-13-5-9-15(10-6-13)17(3,4)16-11-7-14(2)8-12-16;1-12-3-7-14(8-4-12)11-15-9-5-13(2)6-10-15;1-11-3-7-13(8-4-11)14-9-5-12(2)6-10-14/h3-10,19-24H,11-14H2,1-2H3;7-10H,1-6H3;5-12H,1-4H3;3-10H,11H2,1-2H3;3-10H,1-2H3. The maximum Gasteiger partial charge on any atom is 0.0146 e. The van der Waals surface area contributed by atoms with Crippen LogP contribution in [0, 0.1) is 121 Å². The van der Waals surface area contributed by atoms with Crippen molar-refractivity contribution in [3.63, 3.8) is 0 Å². The highest BCUT2D eigenvalue weighted by atomic mass is 14.6. The topological polar surface area (TPSA) is 0 Å². The van der Waals surface area contributed by atoms with Crippen molar-refractivity contribution in [2.45, 2.75) is 160 Å². The van der Waals surface area contributed by atoms with E-state index in [4.69, 9.17) is 0 Å². The molecule has 13 rings (SSSR count). The largest absolute Gasteiger partial charge is 0.0590 e. The molecule has 452 valence electrons. The maximum absolute atomic E-state index is 2.40. The molecule has 0 aromatic heterocycles. The normalized spacial score (nSPS) is 17.9. The maximum atomic E-state index is 2.40. The molecule has 88 heavy (non-hydrogen) atoms. The molecule has 0 amide bonds. The van der Waals surface area contributed by atoms with E-state index >= 15 is 0 Å². The van der Waals surface area contributed by atoms with Crippen LogP contribution in [0.25, 0.3) is 22.3 Å². The van der Waals surface area contributed by atoms with Crippen LogP contribution < -0.4 is 0 Å². The van der Waals surface area contributed by atoms with Crippen molar-refractivity contribution < 1.29 is 0 Å². The van der Waals surface area contributed by atoms with E-state index in [0.717, 1.165) is 41.9 Å². The van der Waals surface area contributed by atoms with Crippen LogP contribution in [0.3, 0.4) is 0 Å². The Labute approximate surface area is 532 Å². The third-order valence-electron chi connectivity index (χ3n) is 20.3. The SMILES string of the molecule is Cc1cc(-c2cc(C)c(C)c(C)c2)cc(C)c1C.Cc1ccc(-c2ccc(C)cc2)cc1.Cc1ccc(C(C)(C)c2ccc(C)cc2)cc1.Cc1ccc(C2CC3C4CC(c5ccc(C)cc5)C(C4)C3C2)cc1.Cc1ccc(Cc2ccc(C)cc2)cc1. The zero-order valence-electron chi connectivity index (χ0n) is 56.3. The number of aryl methyl sites for hydroxylation is 12. The number of hydrogen-bond acceptors (Lipinski definition) is 0. The van der Waals surface area contributed by atoms with Crippen LogP contribution in [0.5, 0.6) is 0 Å². The molecule has 0 radical (unpaired) electrons. The number of hydrogen-bond donors (Lipinski definition) is 0. The summed E-state index contributed by atoms with van der Waals surface area (Å²) in [7, 11) is 0. The molecule has 3 saturated carbocycles. The lowest BCUT2D eigenvalue weighted by Gasteiger charge is -2.31. The van der Waals surface area contributed by atoms with Crippen LogP contribution in [0.1, 0.15) is 163 Å². The smallest absolute Gasteiger partial charge is 0.0146 e. The van der Waals surface area contributed by atoms with Crippen molar-refractivity contribution >= 4 is 0 Å². The Bertz CT molecular complexity index is 3600. The lowest BCUT2D eigenvalue weighted by Crippen LogP contribution is -2.23. The first-order valence-electron chi connectivity index (χ1n) is 32.8. The van der Waals surface area contributed by atoms with Gasteiger partial charge in [0.2, 0.25) is 0 Å². The lowest BCUT2D eigenvalue weighted by molar-refractivity contribution is 0.232. The molecule has 0 spiro atoms. The van der Waals surface area contributed by atoms with Crippen molar-refractivity contribution in [1.29, 1.82) is 0 Å². The summed E-state index contributed by atoms with van der Waals surface area (Å²) in [6.07, 6.45) is 6.89. The highest BCUT2D eigenvalue weighted by Gasteiger charge is 2.56. The van der Waals surface area contributed by atoms with Crippen LogP contribution in [-0.4, -0.2) is 0 Å². The van der Waals surface area contributed by atoms with Crippen molar-refractivity contribution in [2.75, 3.05) is 0 Å². The zero-order chi connectivity index (χ0) is 62.8. The number of rotatable bonds is 8. The molecule has 10 aromatic carbocycles. The second kappa shape index (κ2) is 29.0. The number of benzene rings is 10. The molecule has 2 bridgehead atoms. The van der Waals surface area contributed by atoms with Gasteiger partial charge in [0.25, 0.3) is 0 Å². The fourth-order valence-electron chi connectivity index (χ4n) is 14.0. The molecule has 0 nitrogen and oxygen atoms in total. The quantitative estimate of drug-likeness (QED) is 0.142. The lowest BCUT2D eigenvalue weighted by atomic mass is 9.73. The molecule has 0 heterocycles. The van der Waals surface area contributed by atoms with E-state index in [1.54, 1.807) is 11.1 Å². The second-order valence-corrected chi connectivity index (χ2v) is 27.5. The van der Waals surface area contributed by atoms with Gasteiger partial charge in [0, 0.05) is 5.41 Å². The summed E-state index contributed by atoms with van der Waals surface area (Å²) < 4.78 is 0. The van der Waals surface area contributed by atoms with Gasteiger partial charge in [0.1, 0.15) is 0 Å². The molecule has 0 N–H and O–H groups in total. The molecular weight excluding hydrogens is 1060 g/mol. The zero-order valence-corrected chi connectivity index (χ0v) is 56.3. The van der Waals surface area contributed by atoms with Gasteiger partial charge in [-0.1, -0.05) is 277 Å². The Balaban J connectivity index is 0.000000133. The first-order valence-corrected chi connectivity index (χ1v) is 32.8. The summed E-state index contributed by atoms with van der Waals surface area (Å²) in [6.45, 7) is 34.8. The van der Waals surface area contributed by atoms with Gasteiger partial charge < -0.3 is 0 Å². The molecular formula is C88H100. The van der Waals surface area contributed by atoms with E-state index in [1.165, 1.54) is 148 Å². The third-order valence-corrected chi connectivity index (χ3v) is 20.3. The summed E-state index contributed by atoms with van der Waals surface area (Å²) in [5, 5.41) is 0. The molecule has 10 aromatic rings. The minimum atomic E-state index is 0.0708. The van der Waals surface area contributed by atoms with Gasteiger partial charge in [-0.05, 0) is 254 Å². The van der Waals surface area contributed by atoms with Crippen molar-refractivity contribution in [3.8, 4) is 22.3 Å². The van der Waals surface area contributed by atoms with Gasteiger partial charge >= 0.3 is 0 Å². The molecule has 3 fully saturated rings. The number of fused-ring (bicyclic) bond motifs is 5. The van der Waals surface area contributed by atoms with Crippen LogP contribution >= 0.6 is 0 Å². The Hall–Kier alpha value is -7.80. The summed E-state index contributed by atoms with van der Waals surface area (Å²) >= 11 is 0. The molecule has 3 aliphatic carbocycles. The first-order chi connectivity index (χ1) is 42.1. The van der Waals surface area contributed by atoms with Crippen LogP contribution in [0.2, 0.25) is 0 Å². The Morgan fingerprint density at radius 2 is 0.580 bits per heavy atom. The Morgan fingerprint density at radius 3 is 0.932 bits per heavy atom. The van der Waals surface area contributed by atoms with Crippen molar-refractivity contribution in [3.05, 3.63) is 330 Å². The fraction of sp³-hybridized carbons (Fsp3) is 0.318. The van der Waals surface area contributed by atoms with E-state index in [1.807, 2.05) is 0 Å². The third kappa shape index (κ3) is 16.5. The van der Waals surface area contributed by atoms with Crippen molar-refractivity contribution in [2.24, 2.45) is 23.7 Å². The Kier molecular flexibility index (Phi) is 21.3.